The lowest BCUT2D eigenvalue weighted by Crippen LogP contribution is -2.22. The Kier molecular flexibility index (Phi) is 4.90. The number of aromatic nitrogens is 1. The molecule has 0 saturated heterocycles. The summed E-state index contributed by atoms with van der Waals surface area (Å²) in [7, 11) is 3.82. The first-order valence-electron chi connectivity index (χ1n) is 5.53. The Bertz CT molecular complexity index is 378. The second-order valence-corrected chi connectivity index (χ2v) is 4.20. The van der Waals surface area contributed by atoms with Gasteiger partial charge in [0.1, 0.15) is 6.61 Å². The fourth-order valence-electron chi connectivity index (χ4n) is 1.30. The van der Waals surface area contributed by atoms with Crippen molar-refractivity contribution in [1.82, 2.24) is 4.98 Å². The van der Waals surface area contributed by atoms with E-state index in [1.54, 1.807) is 12.4 Å². The van der Waals surface area contributed by atoms with Crippen LogP contribution in [-0.2, 0) is 9.53 Å². The van der Waals surface area contributed by atoms with E-state index in [1.807, 2.05) is 38.9 Å². The minimum absolute atomic E-state index is 0.0444. The number of ether oxygens (including phenoxy) is 1. The van der Waals surface area contributed by atoms with Crippen LogP contribution in [0.3, 0.4) is 0 Å². The number of rotatable bonds is 5. The Morgan fingerprint density at radius 1 is 1.53 bits per heavy atom. The van der Waals surface area contributed by atoms with Crippen molar-refractivity contribution in [3.63, 3.8) is 0 Å². The van der Waals surface area contributed by atoms with E-state index >= 15 is 0 Å². The number of carbonyl (C=O) groups is 1. The number of amides is 1. The summed E-state index contributed by atoms with van der Waals surface area (Å²) in [6.07, 6.45) is 3.36. The molecule has 0 unspecified atom stereocenters. The van der Waals surface area contributed by atoms with Crippen LogP contribution in [-0.4, -0.2) is 37.7 Å². The Morgan fingerprint density at radius 2 is 2.24 bits per heavy atom. The number of pyridine rings is 1. The van der Waals surface area contributed by atoms with Crippen LogP contribution < -0.4 is 10.2 Å². The van der Waals surface area contributed by atoms with Gasteiger partial charge in [-0.3, -0.25) is 9.78 Å². The van der Waals surface area contributed by atoms with Crippen LogP contribution in [0.25, 0.3) is 0 Å². The highest BCUT2D eigenvalue weighted by Crippen LogP contribution is 2.21. The van der Waals surface area contributed by atoms with E-state index in [2.05, 4.69) is 10.3 Å². The maximum absolute atomic E-state index is 11.6. The van der Waals surface area contributed by atoms with Gasteiger partial charge in [-0.15, -0.1) is 0 Å². The van der Waals surface area contributed by atoms with Crippen molar-refractivity contribution < 1.29 is 9.53 Å². The average molecular weight is 237 g/mol. The number of hydrogen-bond acceptors (Lipinski definition) is 4. The van der Waals surface area contributed by atoms with Gasteiger partial charge in [0.2, 0.25) is 5.91 Å². The zero-order valence-corrected chi connectivity index (χ0v) is 10.7. The van der Waals surface area contributed by atoms with E-state index in [1.165, 1.54) is 0 Å². The molecule has 1 amide bonds. The van der Waals surface area contributed by atoms with Crippen LogP contribution in [0.15, 0.2) is 18.5 Å². The Hall–Kier alpha value is -1.62. The van der Waals surface area contributed by atoms with Crippen molar-refractivity contribution in [2.75, 3.05) is 30.9 Å². The van der Waals surface area contributed by atoms with E-state index in [9.17, 15) is 4.79 Å². The van der Waals surface area contributed by atoms with E-state index in [0.717, 1.165) is 5.69 Å². The quantitative estimate of drug-likeness (QED) is 0.843. The molecule has 1 aromatic rings. The van der Waals surface area contributed by atoms with Crippen molar-refractivity contribution in [3.8, 4) is 0 Å². The number of nitrogens with zero attached hydrogens (tertiary/aromatic N) is 2. The van der Waals surface area contributed by atoms with Crippen LogP contribution >= 0.6 is 0 Å². The number of anilines is 2. The molecule has 0 aliphatic carbocycles. The van der Waals surface area contributed by atoms with Gasteiger partial charge in [0, 0.05) is 20.3 Å². The van der Waals surface area contributed by atoms with Crippen LogP contribution in [0, 0.1) is 0 Å². The zero-order chi connectivity index (χ0) is 12.8. The van der Waals surface area contributed by atoms with Gasteiger partial charge in [-0.2, -0.15) is 0 Å². The molecule has 1 aromatic heterocycles. The summed E-state index contributed by atoms with van der Waals surface area (Å²) in [6, 6.07) is 1.85. The van der Waals surface area contributed by atoms with Crippen LogP contribution in [0.4, 0.5) is 11.4 Å². The highest BCUT2D eigenvalue weighted by Gasteiger charge is 2.08. The van der Waals surface area contributed by atoms with Crippen molar-refractivity contribution in [3.05, 3.63) is 18.5 Å². The second kappa shape index (κ2) is 6.20. The number of nitrogens with one attached hydrogen (secondary N) is 1. The molecular weight excluding hydrogens is 218 g/mol. The third-order valence-corrected chi connectivity index (χ3v) is 2.10. The first kappa shape index (κ1) is 13.4. The Morgan fingerprint density at radius 3 is 2.82 bits per heavy atom. The second-order valence-electron chi connectivity index (χ2n) is 4.20. The van der Waals surface area contributed by atoms with E-state index in [-0.39, 0.29) is 18.6 Å². The highest BCUT2D eigenvalue weighted by molar-refractivity contribution is 5.94. The lowest BCUT2D eigenvalue weighted by molar-refractivity contribution is -0.121. The number of carbonyl (C=O) groups excluding carboxylic acids is 1. The van der Waals surface area contributed by atoms with Gasteiger partial charge in [-0.25, -0.2) is 0 Å². The van der Waals surface area contributed by atoms with Gasteiger partial charge in [-0.05, 0) is 19.9 Å². The average Bonchev–Trinajstić information content (AvgIpc) is 2.27. The third kappa shape index (κ3) is 4.40. The zero-order valence-electron chi connectivity index (χ0n) is 10.7. The Balaban J connectivity index is 2.65. The molecule has 5 heteroatoms. The SMILES string of the molecule is CC(C)OCC(=O)Nc1cnccc1N(C)C. The first-order chi connectivity index (χ1) is 8.00. The molecule has 0 bridgehead atoms. The fraction of sp³-hybridized carbons (Fsp3) is 0.500. The lowest BCUT2D eigenvalue weighted by atomic mass is 10.3. The summed E-state index contributed by atoms with van der Waals surface area (Å²) >= 11 is 0. The molecule has 0 atom stereocenters. The monoisotopic (exact) mass is 237 g/mol. The maximum Gasteiger partial charge on any atom is 0.250 e. The summed E-state index contributed by atoms with van der Waals surface area (Å²) in [5.74, 6) is -0.171. The van der Waals surface area contributed by atoms with Crippen LogP contribution in [0.5, 0.6) is 0 Å². The summed E-state index contributed by atoms with van der Waals surface area (Å²) in [5, 5.41) is 2.78. The van der Waals surface area contributed by atoms with Crippen molar-refractivity contribution in [1.29, 1.82) is 0 Å². The molecule has 0 saturated carbocycles. The maximum atomic E-state index is 11.6. The minimum Gasteiger partial charge on any atom is -0.376 e. The fourth-order valence-corrected chi connectivity index (χ4v) is 1.30. The molecule has 0 aliphatic rings. The molecule has 0 aromatic carbocycles. The summed E-state index contributed by atoms with van der Waals surface area (Å²) < 4.78 is 5.23. The standard InChI is InChI=1S/C12H19N3O2/c1-9(2)17-8-12(16)14-10-7-13-6-5-11(10)15(3)4/h5-7,9H,8H2,1-4H3,(H,14,16). The topological polar surface area (TPSA) is 54.5 Å². The molecule has 0 spiro atoms. The van der Waals surface area contributed by atoms with E-state index in [4.69, 9.17) is 4.74 Å². The molecule has 5 nitrogen and oxygen atoms in total. The predicted molar refractivity (Wildman–Crippen MR) is 68.3 cm³/mol. The molecule has 0 fully saturated rings. The van der Waals surface area contributed by atoms with Gasteiger partial charge < -0.3 is 15.0 Å². The smallest absolute Gasteiger partial charge is 0.250 e. The Labute approximate surface area is 102 Å². The predicted octanol–water partition coefficient (Wildman–Crippen LogP) is 1.51. The molecule has 1 heterocycles. The van der Waals surface area contributed by atoms with Gasteiger partial charge in [0.15, 0.2) is 0 Å². The van der Waals surface area contributed by atoms with Gasteiger partial charge in [0.25, 0.3) is 0 Å². The highest BCUT2D eigenvalue weighted by atomic mass is 16.5. The summed E-state index contributed by atoms with van der Waals surface area (Å²) in [5.41, 5.74) is 1.60. The third-order valence-electron chi connectivity index (χ3n) is 2.10. The van der Waals surface area contributed by atoms with Crippen LogP contribution in [0.2, 0.25) is 0 Å². The molecule has 17 heavy (non-hydrogen) atoms. The molecule has 1 N–H and O–H groups in total. The lowest BCUT2D eigenvalue weighted by Gasteiger charge is -2.17. The van der Waals surface area contributed by atoms with Crippen LogP contribution in [0.1, 0.15) is 13.8 Å². The molecule has 1 rings (SSSR count). The van der Waals surface area contributed by atoms with Gasteiger partial charge in [0.05, 0.1) is 23.7 Å². The molecular formula is C12H19N3O2. The summed E-state index contributed by atoms with van der Waals surface area (Å²) in [4.78, 5) is 17.5. The molecule has 94 valence electrons. The van der Waals surface area contributed by atoms with Gasteiger partial charge in [-0.1, -0.05) is 0 Å². The van der Waals surface area contributed by atoms with Crippen molar-refractivity contribution in [2.45, 2.75) is 20.0 Å². The minimum atomic E-state index is -0.171. The van der Waals surface area contributed by atoms with E-state index in [0.29, 0.717) is 5.69 Å². The van der Waals surface area contributed by atoms with Crippen molar-refractivity contribution >= 4 is 17.3 Å². The van der Waals surface area contributed by atoms with Crippen molar-refractivity contribution in [2.24, 2.45) is 0 Å². The molecule has 0 radical (unpaired) electrons. The summed E-state index contributed by atoms with van der Waals surface area (Å²) in [6.45, 7) is 3.84. The largest absolute Gasteiger partial charge is 0.376 e. The van der Waals surface area contributed by atoms with E-state index < -0.39 is 0 Å². The molecule has 0 aliphatic heterocycles. The number of hydrogen-bond donors (Lipinski definition) is 1. The normalized spacial score (nSPS) is 10.4. The first-order valence-corrected chi connectivity index (χ1v) is 5.53. The van der Waals surface area contributed by atoms with Gasteiger partial charge >= 0.3 is 0 Å².